The highest BCUT2D eigenvalue weighted by Gasteiger charge is 2.40. The molecule has 1 unspecified atom stereocenters. The molecule has 27 heavy (non-hydrogen) atoms. The molecule has 2 aliphatic rings. The summed E-state index contributed by atoms with van der Waals surface area (Å²) >= 11 is 0. The number of carbonyl (C=O) groups is 2. The molecule has 4 rings (SSSR count). The Morgan fingerprint density at radius 1 is 1.15 bits per heavy atom. The lowest BCUT2D eigenvalue weighted by Gasteiger charge is -2.37. The Kier molecular flexibility index (Phi) is 4.72. The number of rotatable bonds is 3. The number of hydrogen-bond donors (Lipinski definition) is 1. The maximum absolute atomic E-state index is 13.1. The van der Waals surface area contributed by atoms with Crippen LogP contribution >= 0.6 is 0 Å². The van der Waals surface area contributed by atoms with E-state index >= 15 is 0 Å². The number of nitrogens with zero attached hydrogens (tertiary/aromatic N) is 3. The summed E-state index contributed by atoms with van der Waals surface area (Å²) in [4.78, 5) is 27.8. The third-order valence-electron chi connectivity index (χ3n) is 5.82. The Bertz CT molecular complexity index is 853. The van der Waals surface area contributed by atoms with Crippen molar-refractivity contribution in [3.05, 3.63) is 47.3 Å². The zero-order valence-corrected chi connectivity index (χ0v) is 15.9. The van der Waals surface area contributed by atoms with Gasteiger partial charge in [-0.25, -0.2) is 4.68 Å². The molecule has 2 amide bonds. The lowest BCUT2D eigenvalue weighted by Crippen LogP contribution is -2.53. The number of aryl methyl sites for hydroxylation is 1. The second-order valence-electron chi connectivity index (χ2n) is 7.54. The van der Waals surface area contributed by atoms with Crippen molar-refractivity contribution in [2.45, 2.75) is 45.6 Å². The van der Waals surface area contributed by atoms with Crippen molar-refractivity contribution >= 4 is 11.8 Å². The van der Waals surface area contributed by atoms with Crippen molar-refractivity contribution in [2.24, 2.45) is 5.92 Å². The first-order valence-electron chi connectivity index (χ1n) is 9.77. The number of aromatic nitrogens is 2. The Morgan fingerprint density at radius 2 is 1.85 bits per heavy atom. The summed E-state index contributed by atoms with van der Waals surface area (Å²) in [6.45, 7) is 4.96. The first kappa shape index (κ1) is 17.8. The Morgan fingerprint density at radius 3 is 2.56 bits per heavy atom. The number of amides is 2. The van der Waals surface area contributed by atoms with Crippen molar-refractivity contribution in [2.75, 3.05) is 13.1 Å². The van der Waals surface area contributed by atoms with Crippen LogP contribution < -0.4 is 5.32 Å². The minimum atomic E-state index is -0.593. The number of piperazine rings is 1. The molecule has 2 fully saturated rings. The fourth-order valence-electron chi connectivity index (χ4n) is 4.47. The second kappa shape index (κ2) is 7.18. The lowest BCUT2D eigenvalue weighted by atomic mass is 9.97. The van der Waals surface area contributed by atoms with Crippen molar-refractivity contribution in [3.63, 3.8) is 0 Å². The number of carbonyl (C=O) groups excluding carboxylic acids is 2. The van der Waals surface area contributed by atoms with E-state index in [0.717, 1.165) is 48.3 Å². The van der Waals surface area contributed by atoms with Gasteiger partial charge in [-0.15, -0.1) is 0 Å². The zero-order valence-electron chi connectivity index (χ0n) is 15.9. The predicted molar refractivity (Wildman–Crippen MR) is 102 cm³/mol. The summed E-state index contributed by atoms with van der Waals surface area (Å²) in [6.07, 6.45) is 4.08. The molecule has 1 saturated carbocycles. The minimum Gasteiger partial charge on any atom is -0.352 e. The summed E-state index contributed by atoms with van der Waals surface area (Å²) in [7, 11) is 0. The smallest absolute Gasteiger partial charge is 0.247 e. The number of benzene rings is 1. The monoisotopic (exact) mass is 366 g/mol. The van der Waals surface area contributed by atoms with Crippen LogP contribution in [0.3, 0.4) is 0 Å². The molecular weight excluding hydrogens is 340 g/mol. The Labute approximate surface area is 159 Å². The molecule has 0 bridgehead atoms. The molecular formula is C21H26N4O2. The summed E-state index contributed by atoms with van der Waals surface area (Å²) < 4.78 is 1.87. The highest BCUT2D eigenvalue weighted by atomic mass is 16.2. The Hall–Kier alpha value is -2.63. The van der Waals surface area contributed by atoms with Gasteiger partial charge in [0, 0.05) is 30.3 Å². The Balaban J connectivity index is 1.74. The summed E-state index contributed by atoms with van der Waals surface area (Å²) in [5.74, 6) is 0.0770. The van der Waals surface area contributed by atoms with E-state index in [4.69, 9.17) is 0 Å². The van der Waals surface area contributed by atoms with Gasteiger partial charge in [-0.2, -0.15) is 5.10 Å². The molecule has 2 heterocycles. The standard InChI is InChI=1S/C21H26N4O2/c1-14-18(15(2)25(23-14)17-10-4-3-5-11-17)19-20(26)22-12-13-24(19)21(27)16-8-6-7-9-16/h3-5,10-11,16,19H,6-9,12-13H2,1-2H3,(H,22,26). The molecule has 1 aliphatic heterocycles. The van der Waals surface area contributed by atoms with Gasteiger partial charge in [0.15, 0.2) is 0 Å². The minimum absolute atomic E-state index is 0.0585. The normalized spacial score (nSPS) is 20.7. The van der Waals surface area contributed by atoms with Gasteiger partial charge in [0.25, 0.3) is 0 Å². The highest BCUT2D eigenvalue weighted by molar-refractivity contribution is 5.91. The third-order valence-corrected chi connectivity index (χ3v) is 5.82. The molecule has 1 aliphatic carbocycles. The maximum Gasteiger partial charge on any atom is 0.247 e. The van der Waals surface area contributed by atoms with Crippen molar-refractivity contribution in [1.29, 1.82) is 0 Å². The molecule has 1 saturated heterocycles. The molecule has 2 aromatic rings. The summed E-state index contributed by atoms with van der Waals surface area (Å²) in [5, 5.41) is 7.62. The molecule has 142 valence electrons. The molecule has 0 radical (unpaired) electrons. The van der Waals surface area contributed by atoms with Gasteiger partial charge >= 0.3 is 0 Å². The van der Waals surface area contributed by atoms with Gasteiger partial charge in [0.05, 0.1) is 11.4 Å². The van der Waals surface area contributed by atoms with Gasteiger partial charge in [0.1, 0.15) is 6.04 Å². The van der Waals surface area contributed by atoms with Gasteiger partial charge in [-0.1, -0.05) is 31.0 Å². The molecule has 1 aromatic carbocycles. The van der Waals surface area contributed by atoms with E-state index < -0.39 is 6.04 Å². The first-order valence-corrected chi connectivity index (χ1v) is 9.77. The van der Waals surface area contributed by atoms with Crippen molar-refractivity contribution in [3.8, 4) is 5.69 Å². The van der Waals surface area contributed by atoms with E-state index in [1.807, 2.05) is 48.9 Å². The van der Waals surface area contributed by atoms with Crippen LogP contribution in [0.4, 0.5) is 0 Å². The van der Waals surface area contributed by atoms with E-state index in [-0.39, 0.29) is 17.7 Å². The van der Waals surface area contributed by atoms with Crippen LogP contribution in [0.25, 0.3) is 5.69 Å². The summed E-state index contributed by atoms with van der Waals surface area (Å²) in [6, 6.07) is 9.29. The fraction of sp³-hybridized carbons (Fsp3) is 0.476. The summed E-state index contributed by atoms with van der Waals surface area (Å²) in [5.41, 5.74) is 3.50. The van der Waals surface area contributed by atoms with E-state index in [2.05, 4.69) is 10.4 Å². The van der Waals surface area contributed by atoms with Gasteiger partial charge < -0.3 is 10.2 Å². The lowest BCUT2D eigenvalue weighted by molar-refractivity contribution is -0.146. The van der Waals surface area contributed by atoms with E-state index in [1.165, 1.54) is 0 Å². The van der Waals surface area contributed by atoms with Gasteiger partial charge in [0.2, 0.25) is 11.8 Å². The topological polar surface area (TPSA) is 67.2 Å². The predicted octanol–water partition coefficient (Wildman–Crippen LogP) is 2.68. The molecule has 1 aromatic heterocycles. The van der Waals surface area contributed by atoms with Crippen LogP contribution in [0.5, 0.6) is 0 Å². The average molecular weight is 366 g/mol. The molecule has 6 heteroatoms. The quantitative estimate of drug-likeness (QED) is 0.908. The average Bonchev–Trinajstić information content (AvgIpc) is 3.31. The molecule has 6 nitrogen and oxygen atoms in total. The second-order valence-corrected chi connectivity index (χ2v) is 7.54. The molecule has 1 atom stereocenters. The zero-order chi connectivity index (χ0) is 19.0. The maximum atomic E-state index is 13.1. The van der Waals surface area contributed by atoms with E-state index in [9.17, 15) is 9.59 Å². The SMILES string of the molecule is Cc1nn(-c2ccccc2)c(C)c1C1C(=O)NCCN1C(=O)C1CCCC1. The largest absolute Gasteiger partial charge is 0.352 e. The number of nitrogens with one attached hydrogen (secondary N) is 1. The third kappa shape index (κ3) is 3.13. The molecule has 0 spiro atoms. The first-order chi connectivity index (χ1) is 13.1. The van der Waals surface area contributed by atoms with E-state index in [1.54, 1.807) is 4.90 Å². The van der Waals surface area contributed by atoms with Crippen LogP contribution in [0.2, 0.25) is 0 Å². The highest BCUT2D eigenvalue weighted by Crippen LogP contribution is 2.34. The number of para-hydroxylation sites is 1. The van der Waals surface area contributed by atoms with E-state index in [0.29, 0.717) is 13.1 Å². The van der Waals surface area contributed by atoms with Gasteiger partial charge in [-0.3, -0.25) is 9.59 Å². The number of hydrogen-bond acceptors (Lipinski definition) is 3. The molecule has 1 N–H and O–H groups in total. The van der Waals surface area contributed by atoms with Crippen LogP contribution in [-0.2, 0) is 9.59 Å². The van der Waals surface area contributed by atoms with Crippen molar-refractivity contribution in [1.82, 2.24) is 20.0 Å². The van der Waals surface area contributed by atoms with Crippen LogP contribution in [-0.4, -0.2) is 39.6 Å². The van der Waals surface area contributed by atoms with Crippen LogP contribution in [0.15, 0.2) is 30.3 Å². The van der Waals surface area contributed by atoms with Crippen LogP contribution in [0, 0.1) is 19.8 Å². The van der Waals surface area contributed by atoms with Crippen LogP contribution in [0.1, 0.15) is 48.7 Å². The fourth-order valence-corrected chi connectivity index (χ4v) is 4.47. The van der Waals surface area contributed by atoms with Gasteiger partial charge in [-0.05, 0) is 38.8 Å². The van der Waals surface area contributed by atoms with Crippen molar-refractivity contribution < 1.29 is 9.59 Å².